The average Bonchev–Trinajstić information content (AvgIpc) is 0.852. The number of carbonyl (C=O) groups excluding carboxylic acids is 1. The number of carbonyl (C=O) groups is 2. The monoisotopic (exact) mass is 2130 g/mol. The van der Waals surface area contributed by atoms with Crippen molar-refractivity contribution in [2.24, 2.45) is 5.92 Å². The number of phenols is 1. The maximum atomic E-state index is 12.0. The van der Waals surface area contributed by atoms with E-state index >= 15 is 0 Å². The van der Waals surface area contributed by atoms with Gasteiger partial charge in [-0.2, -0.15) is 13.2 Å². The van der Waals surface area contributed by atoms with Crippen molar-refractivity contribution < 1.29 is 132 Å². The second-order valence-corrected chi connectivity index (χ2v) is 31.6. The van der Waals surface area contributed by atoms with Crippen LogP contribution in [0, 0.1) is 18.3 Å². The molecule has 0 aliphatic heterocycles. The number of benzene rings is 13. The summed E-state index contributed by atoms with van der Waals surface area (Å²) in [7, 11) is 22.4. The standard InChI is InChI=1S/C12H18O2.2C12H16O2.C10H14O2.C10H10O2.C9H10O4.C9H10O3.C8H7F3O.C8H10O2.C7H7BrO.C7H7ClO.C7H8O2.C7H8O/c3*1-10(2)7-8-14-12-6-4-5-11(9-12)13-3;2*1-3-7-12-10-6-4-5-9(8-10)11-2;1-12-7-3-2-4-8(5-7)13-6-9(10)11;1-7(10)12-9-5-3-4-8(6-9)11-2;1-12-7-4-2-3-6(5-7)8(9,10)11;1-9-7-4-3-5-8(6-7)10-2;3*1-9-7-4-2-3-6(8)5-7;1-8-7-5-3-2-4-6-7/h4-6,9-10H,7-8H2,1-3H3;4-7,9H,8H2,1-3H3;4-6,9H,1,7-8H2,2-3H3;4-6,8H,3,7H2,1-2H3;1,4-6,8H,7H2,2H3;2-5H,6H2,1H3,(H,10,11);3-6H,1-2H3;2-5H,1H3;3-6H,1-2H3;2*2-5H,1H3;2-5,8H,1H3;2-6H,1H3. The molecule has 0 heterocycles. The van der Waals surface area contributed by atoms with Gasteiger partial charge in [-0.25, -0.2) is 4.79 Å². The largest absolute Gasteiger partial charge is 0.508 e. The van der Waals surface area contributed by atoms with E-state index in [1.165, 1.54) is 38.8 Å². The van der Waals surface area contributed by atoms with E-state index in [2.05, 4.69) is 67.8 Å². The highest BCUT2D eigenvalue weighted by Crippen LogP contribution is 2.32. The second-order valence-electron chi connectivity index (χ2n) is 30.2. The number of aromatic hydroxyl groups is 1. The lowest BCUT2D eigenvalue weighted by Gasteiger charge is -2.08. The van der Waals surface area contributed by atoms with Crippen molar-refractivity contribution in [3.05, 3.63) is 360 Å². The Morgan fingerprint density at radius 1 is 0.372 bits per heavy atom. The van der Waals surface area contributed by atoms with Crippen molar-refractivity contribution >= 4 is 39.5 Å². The van der Waals surface area contributed by atoms with Gasteiger partial charge in [0.15, 0.2) is 6.61 Å². The Morgan fingerprint density at radius 2 is 0.669 bits per heavy atom. The summed E-state index contributed by atoms with van der Waals surface area (Å²) < 4.78 is 144. The van der Waals surface area contributed by atoms with Gasteiger partial charge in [-0.15, -0.1) is 13.0 Å². The Morgan fingerprint density at radius 3 is 0.980 bits per heavy atom. The molecule has 0 aliphatic carbocycles. The van der Waals surface area contributed by atoms with Gasteiger partial charge >= 0.3 is 18.1 Å². The molecule has 798 valence electrons. The molecule has 0 amide bonds. The predicted molar refractivity (Wildman–Crippen MR) is 584 cm³/mol. The number of aliphatic carboxylic acids is 1. The third kappa shape index (κ3) is 66.2. The molecule has 2 N–H and O–H groups in total. The van der Waals surface area contributed by atoms with Gasteiger partial charge in [0, 0.05) is 77.4 Å². The van der Waals surface area contributed by atoms with Crippen LogP contribution >= 0.6 is 27.5 Å². The number of hydrogen-bond acceptors (Lipinski definition) is 24. The van der Waals surface area contributed by atoms with Gasteiger partial charge in [0.1, 0.15) is 140 Å². The zero-order valence-corrected chi connectivity index (χ0v) is 90.4. The first-order valence-corrected chi connectivity index (χ1v) is 47.1. The second kappa shape index (κ2) is 81.5. The highest BCUT2D eigenvalue weighted by Gasteiger charge is 2.30. The lowest BCUT2D eigenvalue weighted by atomic mass is 10.1. The van der Waals surface area contributed by atoms with E-state index in [9.17, 15) is 22.8 Å². The van der Waals surface area contributed by atoms with Crippen LogP contribution in [0.2, 0.25) is 5.02 Å². The summed E-state index contributed by atoms with van der Waals surface area (Å²) in [5.74, 6) is 17.6. The normalized spacial score (nSPS) is 9.45. The highest BCUT2D eigenvalue weighted by molar-refractivity contribution is 9.10. The number of esters is 1. The molecule has 0 unspecified atom stereocenters. The van der Waals surface area contributed by atoms with Crippen LogP contribution in [0.3, 0.4) is 0 Å². The summed E-state index contributed by atoms with van der Waals surface area (Å²) in [6, 6.07) is 95.1. The van der Waals surface area contributed by atoms with E-state index < -0.39 is 17.7 Å². The molecule has 0 atom stereocenters. The summed E-state index contributed by atoms with van der Waals surface area (Å²) in [5.41, 5.74) is 1.70. The SMILES string of the molecule is C#CCOc1cccc(OC)c1.C=C(C)CCOc1cccc(OC)c1.CCCOc1cccc(OC)c1.COc1cccc(Br)c1.COc1cccc(C(F)(F)F)c1.COc1cccc(Cl)c1.COc1cccc(O)c1.COc1cccc(OC(C)=O)c1.COc1cccc(OC)c1.COc1cccc(OCC(=O)O)c1.COc1cccc(OCC=C(C)C)c1.COc1cccc(OCCC(C)C)c1.COc1ccccc1. The minimum atomic E-state index is -4.30. The number of carboxylic acid groups (broad SMARTS) is 1. The van der Waals surface area contributed by atoms with Gasteiger partial charge in [-0.05, 0) is 222 Å². The maximum Gasteiger partial charge on any atom is 0.416 e. The van der Waals surface area contributed by atoms with Crippen LogP contribution in [-0.2, 0) is 15.8 Å². The number of hydrogen-bond donors (Lipinski definition) is 2. The molecule has 0 bridgehead atoms. The zero-order valence-electron chi connectivity index (χ0n) is 88.1. The third-order valence-corrected chi connectivity index (χ3v) is 18.7. The lowest BCUT2D eigenvalue weighted by molar-refractivity contribution is -0.139. The van der Waals surface area contributed by atoms with Gasteiger partial charge < -0.3 is 110 Å². The van der Waals surface area contributed by atoms with Gasteiger partial charge in [0.25, 0.3) is 0 Å². The minimum absolute atomic E-state index is 0.213. The summed E-state index contributed by atoms with van der Waals surface area (Å²) >= 11 is 8.97. The predicted octanol–water partition coefficient (Wildman–Crippen LogP) is 28.5. The quantitative estimate of drug-likeness (QED) is 0.0164. The third-order valence-electron chi connectivity index (χ3n) is 18.0. The first kappa shape index (κ1) is 130. The van der Waals surface area contributed by atoms with E-state index in [0.717, 1.165) is 141 Å². The van der Waals surface area contributed by atoms with E-state index in [1.54, 1.807) is 170 Å². The fraction of sp³-hybridized carbons (Fsp3) is 0.271. The summed E-state index contributed by atoms with van der Waals surface area (Å²) in [4.78, 5) is 20.7. The van der Waals surface area contributed by atoms with Crippen LogP contribution in [0.1, 0.15) is 73.3 Å². The van der Waals surface area contributed by atoms with Crippen LogP contribution in [0.25, 0.3) is 0 Å². The van der Waals surface area contributed by atoms with Gasteiger partial charge in [-0.1, -0.05) is 156 Å². The Kier molecular flexibility index (Phi) is 71.7. The fourth-order valence-corrected chi connectivity index (χ4v) is 11.0. The molecule has 13 rings (SSSR count). The van der Waals surface area contributed by atoms with E-state index in [4.69, 9.17) is 123 Å². The molecular weight excluding hydrogens is 1990 g/mol. The average molecular weight is 2130 g/mol. The Hall–Kier alpha value is -15.8. The number of halogens is 5. The molecule has 0 saturated heterocycles. The smallest absolute Gasteiger partial charge is 0.416 e. The Labute approximate surface area is 884 Å². The van der Waals surface area contributed by atoms with Crippen LogP contribution in [-0.4, -0.2) is 161 Å². The molecule has 0 saturated carbocycles. The number of para-hydroxylation sites is 1. The molecule has 30 heteroatoms. The molecule has 0 spiro atoms. The number of rotatable bonds is 34. The van der Waals surface area contributed by atoms with Crippen LogP contribution in [0.5, 0.6) is 126 Å². The lowest BCUT2D eigenvalue weighted by Crippen LogP contribution is -2.09. The summed E-state index contributed by atoms with van der Waals surface area (Å²) in [5, 5.41) is 17.9. The van der Waals surface area contributed by atoms with Crippen molar-refractivity contribution in [3.63, 3.8) is 0 Å². The molecule has 0 fully saturated rings. The first-order chi connectivity index (χ1) is 71.1. The number of alkyl halides is 3. The molecule has 148 heavy (non-hydrogen) atoms. The Balaban J connectivity index is 0.000000804. The number of terminal acetylenes is 1. The minimum Gasteiger partial charge on any atom is -0.508 e. The number of carboxylic acids is 1. The number of methoxy groups -OCH3 is 14. The summed E-state index contributed by atoms with van der Waals surface area (Å²) in [6.07, 6.45) is 5.78. The van der Waals surface area contributed by atoms with E-state index in [1.807, 2.05) is 225 Å². The van der Waals surface area contributed by atoms with Crippen molar-refractivity contribution in [1.29, 1.82) is 0 Å². The topological polar surface area (TPSA) is 268 Å². The molecule has 0 aliphatic rings. The van der Waals surface area contributed by atoms with Crippen LogP contribution in [0.4, 0.5) is 13.2 Å². The summed E-state index contributed by atoms with van der Waals surface area (Å²) in [6.45, 7) is 20.5. The highest BCUT2D eigenvalue weighted by atomic mass is 79.9. The van der Waals surface area contributed by atoms with Crippen molar-refractivity contribution in [2.75, 3.05) is 139 Å². The molecule has 13 aromatic rings. The van der Waals surface area contributed by atoms with Crippen molar-refractivity contribution in [3.8, 4) is 139 Å². The number of phenolic OH excluding ortho intramolecular Hbond substituents is 1. The Bertz CT molecular complexity index is 5670. The van der Waals surface area contributed by atoms with Crippen LogP contribution < -0.4 is 99.5 Å². The fourth-order valence-electron chi connectivity index (χ4n) is 10.4. The van der Waals surface area contributed by atoms with Gasteiger partial charge in [0.2, 0.25) is 0 Å². The number of allylic oxidation sites excluding steroid dienone is 1. The van der Waals surface area contributed by atoms with Gasteiger partial charge in [-0.3, -0.25) is 4.79 Å². The van der Waals surface area contributed by atoms with E-state index in [-0.39, 0.29) is 30.7 Å². The first-order valence-electron chi connectivity index (χ1n) is 45.9. The molecule has 0 aromatic heterocycles. The van der Waals surface area contributed by atoms with Crippen LogP contribution in [0.15, 0.2) is 350 Å². The molecule has 0 radical (unpaired) electrons. The van der Waals surface area contributed by atoms with Crippen molar-refractivity contribution in [2.45, 2.75) is 73.9 Å². The molecule has 13 aromatic carbocycles. The molecular formula is C118H141BrClF3O25. The van der Waals surface area contributed by atoms with E-state index in [0.29, 0.717) is 52.9 Å². The van der Waals surface area contributed by atoms with Crippen molar-refractivity contribution in [1.82, 2.24) is 0 Å². The maximum absolute atomic E-state index is 12.0. The zero-order chi connectivity index (χ0) is 110. The number of ether oxygens (including phenoxy) is 21. The molecule has 25 nitrogen and oxygen atoms in total. The van der Waals surface area contributed by atoms with Gasteiger partial charge in [0.05, 0.1) is 125 Å².